The summed E-state index contributed by atoms with van der Waals surface area (Å²) in [5.41, 5.74) is 3.44. The zero-order valence-corrected chi connectivity index (χ0v) is 17.6. The molecule has 0 aliphatic rings. The lowest BCUT2D eigenvalue weighted by Gasteiger charge is -2.26. The topological polar surface area (TPSA) is 33.7 Å². The summed E-state index contributed by atoms with van der Waals surface area (Å²) < 4.78 is 10.7. The van der Waals surface area contributed by atoms with E-state index in [4.69, 9.17) is 21.7 Å². The van der Waals surface area contributed by atoms with E-state index in [2.05, 4.69) is 34.5 Å². The molecule has 0 aromatic heterocycles. The van der Waals surface area contributed by atoms with Gasteiger partial charge in [0.05, 0.1) is 20.8 Å². The number of methoxy groups -OCH3 is 2. The van der Waals surface area contributed by atoms with Crippen molar-refractivity contribution in [1.82, 2.24) is 5.32 Å². The molecule has 0 spiro atoms. The summed E-state index contributed by atoms with van der Waals surface area (Å²) in [4.78, 5) is 2.12. The lowest BCUT2D eigenvalue weighted by Crippen LogP contribution is -2.40. The van der Waals surface area contributed by atoms with Gasteiger partial charge in [-0.3, -0.25) is 0 Å². The molecule has 0 radical (unpaired) electrons. The summed E-state index contributed by atoms with van der Waals surface area (Å²) in [5.74, 6) is 1.47. The van der Waals surface area contributed by atoms with E-state index < -0.39 is 0 Å². The maximum Gasteiger partial charge on any atom is 0.173 e. The van der Waals surface area contributed by atoms with Crippen LogP contribution < -0.4 is 19.7 Å². The lowest BCUT2D eigenvalue weighted by molar-refractivity contribution is 0.354. The van der Waals surface area contributed by atoms with Crippen LogP contribution in [0.4, 0.5) is 5.69 Å². The molecule has 0 heterocycles. The Kier molecular flexibility index (Phi) is 7.47. The molecule has 5 heteroatoms. The van der Waals surface area contributed by atoms with Crippen molar-refractivity contribution < 1.29 is 9.47 Å². The first-order valence-electron chi connectivity index (χ1n) is 9.56. The zero-order chi connectivity index (χ0) is 20.5. The maximum atomic E-state index is 5.73. The molecule has 0 unspecified atom stereocenters. The summed E-state index contributed by atoms with van der Waals surface area (Å²) in [6, 6.07) is 26.5. The second-order valence-corrected chi connectivity index (χ2v) is 6.97. The average Bonchev–Trinajstić information content (AvgIpc) is 2.78. The number of ether oxygens (including phenoxy) is 2. The van der Waals surface area contributed by atoms with Gasteiger partial charge in [0, 0.05) is 12.2 Å². The highest BCUT2D eigenvalue weighted by Gasteiger charge is 2.12. The van der Waals surface area contributed by atoms with Crippen molar-refractivity contribution in [3.8, 4) is 11.5 Å². The van der Waals surface area contributed by atoms with Crippen molar-refractivity contribution in [3.05, 3.63) is 90.0 Å². The van der Waals surface area contributed by atoms with Gasteiger partial charge in [0.2, 0.25) is 0 Å². The summed E-state index contributed by atoms with van der Waals surface area (Å²) in [5, 5.41) is 4.11. The van der Waals surface area contributed by atoms with E-state index in [1.54, 1.807) is 14.2 Å². The molecule has 4 nitrogen and oxygen atoms in total. The lowest BCUT2D eigenvalue weighted by atomic mass is 10.1. The molecule has 0 saturated heterocycles. The van der Waals surface area contributed by atoms with Crippen molar-refractivity contribution in [1.29, 1.82) is 0 Å². The van der Waals surface area contributed by atoms with Gasteiger partial charge in [-0.1, -0.05) is 54.6 Å². The quantitative estimate of drug-likeness (QED) is 0.542. The smallest absolute Gasteiger partial charge is 0.173 e. The molecule has 150 valence electrons. The summed E-state index contributed by atoms with van der Waals surface area (Å²) in [6.07, 6.45) is 0.828. The number of nitrogens with one attached hydrogen (secondary N) is 1. The predicted octanol–water partition coefficient (Wildman–Crippen LogP) is 4.83. The minimum atomic E-state index is 0.709. The van der Waals surface area contributed by atoms with E-state index in [-0.39, 0.29) is 0 Å². The number of para-hydroxylation sites is 1. The third-order valence-electron chi connectivity index (χ3n) is 4.63. The Morgan fingerprint density at radius 1 is 0.828 bits per heavy atom. The van der Waals surface area contributed by atoms with Crippen LogP contribution >= 0.6 is 12.2 Å². The van der Waals surface area contributed by atoms with E-state index >= 15 is 0 Å². The molecule has 0 atom stereocenters. The number of hydrogen-bond donors (Lipinski definition) is 1. The molecule has 0 aliphatic heterocycles. The fraction of sp³-hybridized carbons (Fsp3) is 0.208. The van der Waals surface area contributed by atoms with Gasteiger partial charge in [-0.05, 0) is 54.0 Å². The minimum Gasteiger partial charge on any atom is -0.493 e. The third kappa shape index (κ3) is 5.72. The number of rotatable bonds is 8. The van der Waals surface area contributed by atoms with E-state index in [1.165, 1.54) is 5.56 Å². The van der Waals surface area contributed by atoms with E-state index in [1.807, 2.05) is 54.6 Å². The first-order valence-corrected chi connectivity index (χ1v) is 9.97. The molecule has 0 bridgehead atoms. The largest absolute Gasteiger partial charge is 0.493 e. The first kappa shape index (κ1) is 20.7. The molecule has 0 amide bonds. The molecule has 0 fully saturated rings. The Balaban J connectivity index is 1.65. The van der Waals surface area contributed by atoms with Crippen LogP contribution in [0.5, 0.6) is 11.5 Å². The molecular formula is C24H26N2O2S. The molecule has 0 saturated carbocycles. The van der Waals surface area contributed by atoms with Crippen LogP contribution in [0.25, 0.3) is 0 Å². The fourth-order valence-electron chi connectivity index (χ4n) is 3.10. The molecule has 3 aromatic carbocycles. The highest BCUT2D eigenvalue weighted by molar-refractivity contribution is 7.80. The van der Waals surface area contributed by atoms with Gasteiger partial charge in [0.25, 0.3) is 0 Å². The molecular weight excluding hydrogens is 380 g/mol. The monoisotopic (exact) mass is 406 g/mol. The molecule has 1 N–H and O–H groups in total. The van der Waals surface area contributed by atoms with Gasteiger partial charge in [-0.2, -0.15) is 0 Å². The first-order chi connectivity index (χ1) is 14.2. The fourth-order valence-corrected chi connectivity index (χ4v) is 3.37. The van der Waals surface area contributed by atoms with Gasteiger partial charge in [0.15, 0.2) is 16.6 Å². The Labute approximate surface area is 178 Å². The number of nitrogens with zero attached hydrogens (tertiary/aromatic N) is 1. The Bertz CT molecular complexity index is 917. The van der Waals surface area contributed by atoms with E-state index in [0.717, 1.165) is 35.7 Å². The maximum absolute atomic E-state index is 5.73. The van der Waals surface area contributed by atoms with Gasteiger partial charge in [-0.15, -0.1) is 0 Å². The van der Waals surface area contributed by atoms with Crippen LogP contribution in [0.15, 0.2) is 78.9 Å². The van der Waals surface area contributed by atoms with Crippen LogP contribution in [0, 0.1) is 0 Å². The summed E-state index contributed by atoms with van der Waals surface area (Å²) in [6.45, 7) is 1.44. The van der Waals surface area contributed by atoms with Crippen molar-refractivity contribution in [3.63, 3.8) is 0 Å². The Morgan fingerprint density at radius 2 is 1.48 bits per heavy atom. The molecule has 29 heavy (non-hydrogen) atoms. The predicted molar refractivity (Wildman–Crippen MR) is 123 cm³/mol. The summed E-state index contributed by atoms with van der Waals surface area (Å²) in [7, 11) is 3.29. The second kappa shape index (κ2) is 10.5. The molecule has 3 rings (SSSR count). The minimum absolute atomic E-state index is 0.709. The average molecular weight is 407 g/mol. The molecule has 0 aliphatic carbocycles. The molecule has 3 aromatic rings. The van der Waals surface area contributed by atoms with Crippen LogP contribution in [-0.2, 0) is 13.0 Å². The van der Waals surface area contributed by atoms with Crippen molar-refractivity contribution in [2.45, 2.75) is 13.0 Å². The van der Waals surface area contributed by atoms with Crippen LogP contribution in [-0.4, -0.2) is 25.9 Å². The number of anilines is 1. The van der Waals surface area contributed by atoms with E-state index in [9.17, 15) is 0 Å². The number of benzene rings is 3. The Hall–Kier alpha value is -3.05. The van der Waals surface area contributed by atoms with Crippen LogP contribution in [0.1, 0.15) is 11.1 Å². The zero-order valence-electron chi connectivity index (χ0n) is 16.8. The highest BCUT2D eigenvalue weighted by atomic mass is 32.1. The van der Waals surface area contributed by atoms with Crippen molar-refractivity contribution in [2.24, 2.45) is 0 Å². The van der Waals surface area contributed by atoms with Crippen LogP contribution in [0.2, 0.25) is 0 Å². The normalized spacial score (nSPS) is 10.3. The highest BCUT2D eigenvalue weighted by Crippen LogP contribution is 2.27. The number of thiocarbonyl (C=S) groups is 1. The standard InChI is InChI=1S/C24H26N2O2S/c1-27-22-14-13-19(17-23(22)28-2)15-16-25-24(29)26(21-11-7-4-8-12-21)18-20-9-5-3-6-10-20/h3-14,17H,15-16,18H2,1-2H3,(H,25,29). The second-order valence-electron chi connectivity index (χ2n) is 6.58. The Morgan fingerprint density at radius 3 is 2.14 bits per heavy atom. The van der Waals surface area contributed by atoms with Gasteiger partial charge >= 0.3 is 0 Å². The van der Waals surface area contributed by atoms with Crippen molar-refractivity contribution in [2.75, 3.05) is 25.7 Å². The summed E-state index contributed by atoms with van der Waals surface area (Å²) >= 11 is 5.73. The van der Waals surface area contributed by atoms with Gasteiger partial charge < -0.3 is 19.7 Å². The van der Waals surface area contributed by atoms with Crippen molar-refractivity contribution >= 4 is 23.0 Å². The van der Waals surface area contributed by atoms with Crippen LogP contribution in [0.3, 0.4) is 0 Å². The number of hydrogen-bond acceptors (Lipinski definition) is 3. The van der Waals surface area contributed by atoms with E-state index in [0.29, 0.717) is 11.7 Å². The van der Waals surface area contributed by atoms with Gasteiger partial charge in [0.1, 0.15) is 0 Å². The third-order valence-corrected chi connectivity index (χ3v) is 5.00. The van der Waals surface area contributed by atoms with Gasteiger partial charge in [-0.25, -0.2) is 0 Å². The SMILES string of the molecule is COc1ccc(CCNC(=S)N(Cc2ccccc2)c2ccccc2)cc1OC.